The Morgan fingerprint density at radius 2 is 1.60 bits per heavy atom. The number of likely N-dealkylation sites (N-methyl/N-ethyl adjacent to an activating group) is 1. The number of fused-ring (bicyclic) bond motifs is 1. The topological polar surface area (TPSA) is 67.4 Å². The van der Waals surface area contributed by atoms with E-state index in [-0.39, 0.29) is 29.8 Å². The second-order valence-electron chi connectivity index (χ2n) is 7.53. The number of hydrogen-bond acceptors (Lipinski definition) is 4. The van der Waals surface area contributed by atoms with Gasteiger partial charge in [0.25, 0.3) is 0 Å². The van der Waals surface area contributed by atoms with E-state index in [0.29, 0.717) is 39.0 Å². The van der Waals surface area contributed by atoms with Crippen molar-refractivity contribution in [2.75, 3.05) is 67.0 Å². The monoisotopic (exact) mass is 351 g/mol. The molecule has 8 heteroatoms. The lowest BCUT2D eigenvalue weighted by atomic mass is 9.94. The molecule has 0 radical (unpaired) electrons. The highest BCUT2D eigenvalue weighted by Crippen LogP contribution is 2.23. The van der Waals surface area contributed by atoms with Crippen molar-refractivity contribution in [1.29, 1.82) is 0 Å². The van der Waals surface area contributed by atoms with Gasteiger partial charge >= 0.3 is 6.03 Å². The van der Waals surface area contributed by atoms with E-state index in [4.69, 9.17) is 0 Å². The van der Waals surface area contributed by atoms with Gasteiger partial charge in [0, 0.05) is 72.9 Å². The van der Waals surface area contributed by atoms with Gasteiger partial charge in [-0.15, -0.1) is 0 Å². The van der Waals surface area contributed by atoms with Crippen molar-refractivity contribution in [1.82, 2.24) is 24.5 Å². The average molecular weight is 351 g/mol. The Balaban J connectivity index is 1.56. The number of carbonyl (C=O) groups excluding carboxylic acids is 3. The van der Waals surface area contributed by atoms with Crippen molar-refractivity contribution in [3.63, 3.8) is 0 Å². The Hall–Kier alpha value is -1.83. The molecule has 0 aromatic rings. The molecule has 25 heavy (non-hydrogen) atoms. The number of rotatable bonds is 1. The van der Waals surface area contributed by atoms with Crippen LogP contribution in [0.15, 0.2) is 0 Å². The van der Waals surface area contributed by atoms with E-state index >= 15 is 0 Å². The molecule has 0 aromatic heterocycles. The summed E-state index contributed by atoms with van der Waals surface area (Å²) in [5, 5.41) is 0. The number of amides is 4. The fourth-order valence-electron chi connectivity index (χ4n) is 4.02. The fraction of sp³-hybridized carbons (Fsp3) is 0.824. The predicted octanol–water partition coefficient (Wildman–Crippen LogP) is -0.635. The second kappa shape index (κ2) is 7.19. The maximum Gasteiger partial charge on any atom is 0.319 e. The molecule has 8 nitrogen and oxygen atoms in total. The van der Waals surface area contributed by atoms with Crippen molar-refractivity contribution in [2.24, 2.45) is 5.92 Å². The minimum atomic E-state index is -0.188. The zero-order chi connectivity index (χ0) is 18.1. The summed E-state index contributed by atoms with van der Waals surface area (Å²) in [6.45, 7) is 4.87. The standard InChI is InChI=1S/C17H29N5O3/c1-18(2)17(25)21-6-4-13(5-7-21)15(23)22-11-10-20-9-8-19(3)16(24)14(20)12-22/h13-14H,4-12H2,1-3H3. The summed E-state index contributed by atoms with van der Waals surface area (Å²) in [6, 6.07) is -0.179. The number of piperazine rings is 2. The van der Waals surface area contributed by atoms with Gasteiger partial charge in [0.2, 0.25) is 11.8 Å². The van der Waals surface area contributed by atoms with Gasteiger partial charge in [0.15, 0.2) is 0 Å². The molecule has 0 spiro atoms. The molecule has 3 rings (SSSR count). The molecule has 0 N–H and O–H groups in total. The highest BCUT2D eigenvalue weighted by molar-refractivity contribution is 5.85. The molecular weight excluding hydrogens is 322 g/mol. The second-order valence-corrected chi connectivity index (χ2v) is 7.53. The van der Waals surface area contributed by atoms with Crippen LogP contribution in [-0.2, 0) is 9.59 Å². The summed E-state index contributed by atoms with van der Waals surface area (Å²) in [7, 11) is 5.33. The van der Waals surface area contributed by atoms with Gasteiger partial charge in [-0.25, -0.2) is 4.79 Å². The van der Waals surface area contributed by atoms with Gasteiger partial charge in [-0.1, -0.05) is 0 Å². The van der Waals surface area contributed by atoms with E-state index in [0.717, 1.165) is 19.6 Å². The molecule has 4 amide bonds. The van der Waals surface area contributed by atoms with Crippen LogP contribution >= 0.6 is 0 Å². The number of hydrogen-bond donors (Lipinski definition) is 0. The van der Waals surface area contributed by atoms with Gasteiger partial charge in [-0.2, -0.15) is 0 Å². The lowest BCUT2D eigenvalue weighted by Crippen LogP contribution is -2.65. The number of nitrogens with zero attached hydrogens (tertiary/aromatic N) is 5. The number of carbonyl (C=O) groups is 3. The molecule has 140 valence electrons. The van der Waals surface area contributed by atoms with E-state index in [1.54, 1.807) is 28.8 Å². The number of piperidine rings is 1. The fourth-order valence-corrected chi connectivity index (χ4v) is 4.02. The van der Waals surface area contributed by atoms with E-state index in [1.807, 2.05) is 11.9 Å². The maximum atomic E-state index is 12.9. The number of urea groups is 1. The van der Waals surface area contributed by atoms with Crippen LogP contribution in [0.3, 0.4) is 0 Å². The van der Waals surface area contributed by atoms with E-state index < -0.39 is 0 Å². The molecule has 3 aliphatic heterocycles. The van der Waals surface area contributed by atoms with Crippen LogP contribution in [0.25, 0.3) is 0 Å². The van der Waals surface area contributed by atoms with Crippen LogP contribution in [0.4, 0.5) is 4.79 Å². The van der Waals surface area contributed by atoms with E-state index in [2.05, 4.69) is 4.90 Å². The highest BCUT2D eigenvalue weighted by atomic mass is 16.2. The molecule has 0 bridgehead atoms. The summed E-state index contributed by atoms with van der Waals surface area (Å²) in [6.07, 6.45) is 1.41. The quantitative estimate of drug-likeness (QED) is 0.631. The largest absolute Gasteiger partial charge is 0.343 e. The molecule has 3 heterocycles. The molecule has 3 aliphatic rings. The summed E-state index contributed by atoms with van der Waals surface area (Å²) in [4.78, 5) is 46.5. The Morgan fingerprint density at radius 3 is 2.24 bits per heavy atom. The van der Waals surface area contributed by atoms with Crippen molar-refractivity contribution in [3.05, 3.63) is 0 Å². The third-order valence-corrected chi connectivity index (χ3v) is 5.68. The zero-order valence-electron chi connectivity index (χ0n) is 15.5. The van der Waals surface area contributed by atoms with Crippen LogP contribution in [0.5, 0.6) is 0 Å². The molecule has 3 fully saturated rings. The smallest absolute Gasteiger partial charge is 0.319 e. The van der Waals surface area contributed by atoms with Crippen molar-refractivity contribution >= 4 is 17.8 Å². The minimum absolute atomic E-state index is 0.00959. The van der Waals surface area contributed by atoms with Crippen molar-refractivity contribution in [3.8, 4) is 0 Å². The predicted molar refractivity (Wildman–Crippen MR) is 93.0 cm³/mol. The van der Waals surface area contributed by atoms with Crippen molar-refractivity contribution < 1.29 is 14.4 Å². The minimum Gasteiger partial charge on any atom is -0.343 e. The Labute approximate surface area is 149 Å². The van der Waals surface area contributed by atoms with Gasteiger partial charge in [0.1, 0.15) is 6.04 Å². The first-order chi connectivity index (χ1) is 11.9. The lowest BCUT2D eigenvalue weighted by Gasteiger charge is -2.46. The summed E-state index contributed by atoms with van der Waals surface area (Å²) in [5.74, 6) is 0.238. The van der Waals surface area contributed by atoms with Gasteiger partial charge < -0.3 is 19.6 Å². The van der Waals surface area contributed by atoms with E-state index in [1.165, 1.54) is 0 Å². The van der Waals surface area contributed by atoms with Crippen molar-refractivity contribution in [2.45, 2.75) is 18.9 Å². The average Bonchev–Trinajstić information content (AvgIpc) is 2.63. The summed E-state index contributed by atoms with van der Waals surface area (Å²) >= 11 is 0. The first-order valence-electron chi connectivity index (χ1n) is 9.12. The third kappa shape index (κ3) is 3.58. The van der Waals surface area contributed by atoms with Crippen LogP contribution in [0.1, 0.15) is 12.8 Å². The molecule has 0 saturated carbocycles. The molecule has 1 atom stereocenters. The lowest BCUT2D eigenvalue weighted by molar-refractivity contribution is -0.149. The van der Waals surface area contributed by atoms with Gasteiger partial charge in [0.05, 0.1) is 0 Å². The maximum absolute atomic E-state index is 12.9. The van der Waals surface area contributed by atoms with Crippen LogP contribution in [-0.4, -0.2) is 115 Å². The number of likely N-dealkylation sites (tertiary alicyclic amines) is 1. The Kier molecular flexibility index (Phi) is 5.17. The van der Waals surface area contributed by atoms with Gasteiger partial charge in [-0.05, 0) is 12.8 Å². The Morgan fingerprint density at radius 1 is 0.960 bits per heavy atom. The first-order valence-corrected chi connectivity index (χ1v) is 9.12. The Bertz CT molecular complexity index is 544. The molecule has 0 aromatic carbocycles. The highest BCUT2D eigenvalue weighted by Gasteiger charge is 2.40. The molecule has 0 aliphatic carbocycles. The first kappa shape index (κ1) is 18.0. The summed E-state index contributed by atoms with van der Waals surface area (Å²) in [5.41, 5.74) is 0. The van der Waals surface area contributed by atoms with Crippen LogP contribution < -0.4 is 0 Å². The molecule has 1 unspecified atom stereocenters. The van der Waals surface area contributed by atoms with Crippen LogP contribution in [0, 0.1) is 5.92 Å². The van der Waals surface area contributed by atoms with Gasteiger partial charge in [-0.3, -0.25) is 14.5 Å². The van der Waals surface area contributed by atoms with Crippen LogP contribution in [0.2, 0.25) is 0 Å². The molecular formula is C17H29N5O3. The molecule has 3 saturated heterocycles. The van der Waals surface area contributed by atoms with E-state index in [9.17, 15) is 14.4 Å². The SMILES string of the molecule is CN(C)C(=O)N1CCC(C(=O)N2CCN3CCN(C)C(=O)C3C2)CC1. The summed E-state index contributed by atoms with van der Waals surface area (Å²) < 4.78 is 0. The third-order valence-electron chi connectivity index (χ3n) is 5.68. The zero-order valence-corrected chi connectivity index (χ0v) is 15.5. The normalized spacial score (nSPS) is 25.8.